The normalized spacial score (nSPS) is 12.6. The fourth-order valence-corrected chi connectivity index (χ4v) is 2.15. The van der Waals surface area contributed by atoms with Crippen LogP contribution >= 0.6 is 0 Å². The molecule has 0 radical (unpaired) electrons. The van der Waals surface area contributed by atoms with Crippen LogP contribution in [0.1, 0.15) is 36.3 Å². The summed E-state index contributed by atoms with van der Waals surface area (Å²) in [7, 11) is 1.97. The average molecular weight is 261 g/mol. The van der Waals surface area contributed by atoms with E-state index in [1.165, 1.54) is 6.07 Å². The molecule has 0 bridgehead atoms. The molecule has 0 amide bonds. The van der Waals surface area contributed by atoms with Gasteiger partial charge < -0.3 is 9.88 Å². The number of benzene rings is 1. The first-order valence-electron chi connectivity index (χ1n) is 6.60. The standard InChI is InChI=1S/C15H20FN3/c1-4-7-17-14(15-18-8-9-19(15)3)12-5-6-13(16)11(2)10-12/h5-6,8-10,14,17H,4,7H2,1-3H3. The molecule has 0 aliphatic heterocycles. The molecule has 3 nitrogen and oxygen atoms in total. The molecule has 102 valence electrons. The van der Waals surface area contributed by atoms with Gasteiger partial charge in [-0.15, -0.1) is 0 Å². The first-order valence-corrected chi connectivity index (χ1v) is 6.60. The molecule has 1 aromatic heterocycles. The monoisotopic (exact) mass is 261 g/mol. The van der Waals surface area contributed by atoms with Gasteiger partial charge in [0.2, 0.25) is 0 Å². The summed E-state index contributed by atoms with van der Waals surface area (Å²) in [6.45, 7) is 4.81. The van der Waals surface area contributed by atoms with Crippen LogP contribution in [0.5, 0.6) is 0 Å². The van der Waals surface area contributed by atoms with Gasteiger partial charge in [-0.3, -0.25) is 0 Å². The summed E-state index contributed by atoms with van der Waals surface area (Å²) < 4.78 is 15.4. The molecule has 0 saturated heterocycles. The Morgan fingerprint density at radius 1 is 1.42 bits per heavy atom. The van der Waals surface area contributed by atoms with Gasteiger partial charge in [0, 0.05) is 19.4 Å². The summed E-state index contributed by atoms with van der Waals surface area (Å²) in [5, 5.41) is 3.47. The van der Waals surface area contributed by atoms with Gasteiger partial charge in [-0.2, -0.15) is 0 Å². The lowest BCUT2D eigenvalue weighted by molar-refractivity contribution is 0.552. The topological polar surface area (TPSA) is 29.9 Å². The van der Waals surface area contributed by atoms with Crippen molar-refractivity contribution in [1.82, 2.24) is 14.9 Å². The van der Waals surface area contributed by atoms with E-state index in [1.807, 2.05) is 29.9 Å². The number of hydrogen-bond acceptors (Lipinski definition) is 2. The van der Waals surface area contributed by atoms with E-state index in [9.17, 15) is 4.39 Å². The summed E-state index contributed by atoms with van der Waals surface area (Å²) in [6.07, 6.45) is 4.75. The Hall–Kier alpha value is -1.68. The molecule has 1 aromatic carbocycles. The number of nitrogens with zero attached hydrogens (tertiary/aromatic N) is 2. The van der Waals surface area contributed by atoms with Gasteiger partial charge in [0.15, 0.2) is 0 Å². The van der Waals surface area contributed by atoms with Crippen LogP contribution in [0.4, 0.5) is 4.39 Å². The SMILES string of the molecule is CCCNC(c1ccc(F)c(C)c1)c1nccn1C. The number of aromatic nitrogens is 2. The van der Waals surface area contributed by atoms with Crippen molar-refractivity contribution in [2.45, 2.75) is 26.3 Å². The van der Waals surface area contributed by atoms with E-state index in [0.717, 1.165) is 24.4 Å². The number of halogens is 1. The third-order valence-electron chi connectivity index (χ3n) is 3.23. The first-order chi connectivity index (χ1) is 9.13. The number of aryl methyl sites for hydroxylation is 2. The Labute approximate surface area is 113 Å². The predicted octanol–water partition coefficient (Wildman–Crippen LogP) is 2.96. The molecule has 19 heavy (non-hydrogen) atoms. The molecule has 0 saturated carbocycles. The minimum Gasteiger partial charge on any atom is -0.336 e. The molecule has 0 aliphatic rings. The number of rotatable bonds is 5. The maximum absolute atomic E-state index is 13.4. The van der Waals surface area contributed by atoms with E-state index in [1.54, 1.807) is 13.1 Å². The van der Waals surface area contributed by atoms with Gasteiger partial charge in [-0.1, -0.05) is 19.1 Å². The van der Waals surface area contributed by atoms with Crippen LogP contribution in [0.2, 0.25) is 0 Å². The Balaban J connectivity index is 2.37. The van der Waals surface area contributed by atoms with E-state index in [2.05, 4.69) is 17.2 Å². The first kappa shape index (κ1) is 13.7. The third-order valence-corrected chi connectivity index (χ3v) is 3.23. The second-order valence-corrected chi connectivity index (χ2v) is 4.79. The molecular formula is C15H20FN3. The number of hydrogen-bond donors (Lipinski definition) is 1. The zero-order valence-electron chi connectivity index (χ0n) is 11.7. The van der Waals surface area contributed by atoms with Gasteiger partial charge >= 0.3 is 0 Å². The molecule has 1 unspecified atom stereocenters. The Bertz CT molecular complexity index is 548. The zero-order valence-corrected chi connectivity index (χ0v) is 11.7. The van der Waals surface area contributed by atoms with Crippen molar-refractivity contribution in [3.8, 4) is 0 Å². The Morgan fingerprint density at radius 2 is 2.21 bits per heavy atom. The third kappa shape index (κ3) is 3.01. The summed E-state index contributed by atoms with van der Waals surface area (Å²) in [5.74, 6) is 0.775. The molecule has 1 heterocycles. The highest BCUT2D eigenvalue weighted by molar-refractivity contribution is 5.30. The van der Waals surface area contributed by atoms with Crippen molar-refractivity contribution in [2.75, 3.05) is 6.54 Å². The van der Waals surface area contributed by atoms with Crippen LogP contribution in [0.25, 0.3) is 0 Å². The van der Waals surface area contributed by atoms with Gasteiger partial charge in [0.25, 0.3) is 0 Å². The summed E-state index contributed by atoms with van der Waals surface area (Å²) in [6, 6.07) is 5.23. The molecule has 0 spiro atoms. The molecule has 2 aromatic rings. The summed E-state index contributed by atoms with van der Waals surface area (Å²) >= 11 is 0. The van der Waals surface area contributed by atoms with Gasteiger partial charge in [-0.25, -0.2) is 9.37 Å². The van der Waals surface area contributed by atoms with Crippen LogP contribution in [0, 0.1) is 12.7 Å². The molecule has 1 atom stereocenters. The van der Waals surface area contributed by atoms with Crippen molar-refractivity contribution < 1.29 is 4.39 Å². The highest BCUT2D eigenvalue weighted by atomic mass is 19.1. The van der Waals surface area contributed by atoms with E-state index >= 15 is 0 Å². The molecule has 1 N–H and O–H groups in total. The van der Waals surface area contributed by atoms with Crippen LogP contribution in [0.3, 0.4) is 0 Å². The number of nitrogens with one attached hydrogen (secondary N) is 1. The fourth-order valence-electron chi connectivity index (χ4n) is 2.15. The lowest BCUT2D eigenvalue weighted by atomic mass is 10.0. The van der Waals surface area contributed by atoms with E-state index in [0.29, 0.717) is 5.56 Å². The number of imidazole rings is 1. The molecular weight excluding hydrogens is 241 g/mol. The van der Waals surface area contributed by atoms with E-state index in [-0.39, 0.29) is 11.9 Å². The highest BCUT2D eigenvalue weighted by Gasteiger charge is 2.18. The lowest BCUT2D eigenvalue weighted by Crippen LogP contribution is -2.25. The van der Waals surface area contributed by atoms with Crippen molar-refractivity contribution in [1.29, 1.82) is 0 Å². The van der Waals surface area contributed by atoms with Crippen molar-refractivity contribution in [2.24, 2.45) is 7.05 Å². The Morgan fingerprint density at radius 3 is 2.79 bits per heavy atom. The summed E-state index contributed by atoms with van der Waals surface area (Å²) in [4.78, 5) is 4.40. The average Bonchev–Trinajstić information content (AvgIpc) is 2.80. The lowest BCUT2D eigenvalue weighted by Gasteiger charge is -2.19. The van der Waals surface area contributed by atoms with Gasteiger partial charge in [-0.05, 0) is 37.1 Å². The van der Waals surface area contributed by atoms with Crippen molar-refractivity contribution in [3.05, 3.63) is 53.4 Å². The maximum atomic E-state index is 13.4. The smallest absolute Gasteiger partial charge is 0.130 e. The summed E-state index contributed by atoms with van der Waals surface area (Å²) in [5.41, 5.74) is 1.71. The maximum Gasteiger partial charge on any atom is 0.130 e. The molecule has 0 fully saturated rings. The van der Waals surface area contributed by atoms with E-state index in [4.69, 9.17) is 0 Å². The van der Waals surface area contributed by atoms with Crippen LogP contribution in [-0.2, 0) is 7.05 Å². The van der Waals surface area contributed by atoms with Crippen LogP contribution in [0.15, 0.2) is 30.6 Å². The predicted molar refractivity (Wildman–Crippen MR) is 74.5 cm³/mol. The largest absolute Gasteiger partial charge is 0.336 e. The zero-order chi connectivity index (χ0) is 13.8. The van der Waals surface area contributed by atoms with Gasteiger partial charge in [0.1, 0.15) is 11.6 Å². The van der Waals surface area contributed by atoms with Crippen LogP contribution < -0.4 is 5.32 Å². The van der Waals surface area contributed by atoms with Crippen molar-refractivity contribution in [3.63, 3.8) is 0 Å². The molecule has 0 aliphatic carbocycles. The molecule has 4 heteroatoms. The minimum atomic E-state index is -0.169. The minimum absolute atomic E-state index is 0.000694. The molecule has 2 rings (SSSR count). The Kier molecular flexibility index (Phi) is 4.32. The second kappa shape index (κ2) is 5.97. The highest BCUT2D eigenvalue weighted by Crippen LogP contribution is 2.22. The second-order valence-electron chi connectivity index (χ2n) is 4.79. The van der Waals surface area contributed by atoms with E-state index < -0.39 is 0 Å². The van der Waals surface area contributed by atoms with Gasteiger partial charge in [0.05, 0.1) is 6.04 Å². The quantitative estimate of drug-likeness (QED) is 0.896. The fraction of sp³-hybridized carbons (Fsp3) is 0.400. The van der Waals surface area contributed by atoms with Crippen molar-refractivity contribution >= 4 is 0 Å². The van der Waals surface area contributed by atoms with Crippen LogP contribution in [-0.4, -0.2) is 16.1 Å².